The molecule has 0 aromatic rings. The average molecular weight is 453 g/mol. The fourth-order valence-corrected chi connectivity index (χ4v) is 5.01. The van der Waals surface area contributed by atoms with Gasteiger partial charge in [0.05, 0.1) is 25.9 Å². The fourth-order valence-electron chi connectivity index (χ4n) is 5.01. The van der Waals surface area contributed by atoms with Crippen LogP contribution < -0.4 is 0 Å². The predicted octanol–water partition coefficient (Wildman–Crippen LogP) is 4.90. The lowest BCUT2D eigenvalue weighted by atomic mass is 9.84. The van der Waals surface area contributed by atoms with E-state index in [1.54, 1.807) is 0 Å². The first kappa shape index (κ1) is 25.8. The van der Waals surface area contributed by atoms with E-state index < -0.39 is 5.79 Å². The quantitative estimate of drug-likeness (QED) is 0.347. The largest absolute Gasteiger partial charge is 0.381 e. The number of carbonyl (C=O) groups excluding carboxylic acids is 1. The van der Waals surface area contributed by atoms with Gasteiger partial charge in [-0.2, -0.15) is 0 Å². The minimum absolute atomic E-state index is 0.00708. The summed E-state index contributed by atoms with van der Waals surface area (Å²) in [5.74, 6) is -0.411. The van der Waals surface area contributed by atoms with Crippen molar-refractivity contribution in [3.63, 3.8) is 0 Å². The van der Waals surface area contributed by atoms with Gasteiger partial charge < -0.3 is 28.5 Å². The van der Waals surface area contributed by atoms with Gasteiger partial charge in [-0.15, -0.1) is 0 Å². The maximum absolute atomic E-state index is 11.5. The van der Waals surface area contributed by atoms with Crippen LogP contribution in [0, 0.1) is 22.7 Å². The normalized spacial score (nSPS) is 31.2. The fraction of sp³-hybridized carbons (Fsp3) is 0.885. The van der Waals surface area contributed by atoms with Gasteiger partial charge >= 0.3 is 0 Å². The molecule has 0 aromatic heterocycles. The van der Waals surface area contributed by atoms with Crippen molar-refractivity contribution in [3.05, 3.63) is 12.2 Å². The Bertz CT molecular complexity index is 612. The lowest BCUT2D eigenvalue weighted by Crippen LogP contribution is -2.50. The third kappa shape index (κ3) is 6.41. The van der Waals surface area contributed by atoms with Crippen molar-refractivity contribution in [2.75, 3.05) is 33.0 Å². The zero-order valence-corrected chi connectivity index (χ0v) is 20.8. The molecule has 6 heteroatoms. The molecule has 3 rings (SSSR count). The molecule has 0 radical (unpaired) electrons. The molecule has 4 unspecified atom stereocenters. The molecule has 1 aliphatic carbocycles. The Labute approximate surface area is 194 Å². The van der Waals surface area contributed by atoms with Crippen LogP contribution in [0.3, 0.4) is 0 Å². The molecule has 4 atom stereocenters. The summed E-state index contributed by atoms with van der Waals surface area (Å²) in [4.78, 5) is 11.5. The summed E-state index contributed by atoms with van der Waals surface area (Å²) in [6, 6.07) is 0. The van der Waals surface area contributed by atoms with Crippen LogP contribution in [-0.4, -0.2) is 57.5 Å². The first-order valence-corrected chi connectivity index (χ1v) is 12.5. The van der Waals surface area contributed by atoms with Crippen molar-refractivity contribution >= 4 is 6.29 Å². The lowest BCUT2D eigenvalue weighted by molar-refractivity contribution is -0.315. The molecule has 184 valence electrons. The second-order valence-electron chi connectivity index (χ2n) is 11.1. The summed E-state index contributed by atoms with van der Waals surface area (Å²) >= 11 is 0. The molecule has 0 amide bonds. The van der Waals surface area contributed by atoms with Crippen LogP contribution >= 0.6 is 0 Å². The van der Waals surface area contributed by atoms with E-state index in [-0.39, 0.29) is 35.1 Å². The molecule has 1 saturated carbocycles. The number of allylic oxidation sites excluding steroid dienone is 1. The highest BCUT2D eigenvalue weighted by atomic mass is 16.7. The summed E-state index contributed by atoms with van der Waals surface area (Å²) in [6.07, 6.45) is 10.4. The molecule has 2 saturated heterocycles. The minimum atomic E-state index is -0.644. The highest BCUT2D eigenvalue weighted by molar-refractivity contribution is 5.50. The van der Waals surface area contributed by atoms with E-state index in [2.05, 4.69) is 39.8 Å². The molecule has 3 aliphatic rings. The summed E-state index contributed by atoms with van der Waals surface area (Å²) in [5, 5.41) is 0. The summed E-state index contributed by atoms with van der Waals surface area (Å²) in [5.41, 5.74) is -0.196. The molecule has 32 heavy (non-hydrogen) atoms. The second kappa shape index (κ2) is 11.1. The number of aldehydes is 1. The summed E-state index contributed by atoms with van der Waals surface area (Å²) in [7, 11) is 0. The van der Waals surface area contributed by atoms with Crippen molar-refractivity contribution in [2.24, 2.45) is 22.7 Å². The van der Waals surface area contributed by atoms with Crippen LogP contribution in [0.25, 0.3) is 0 Å². The topological polar surface area (TPSA) is 63.2 Å². The third-order valence-electron chi connectivity index (χ3n) is 7.09. The monoisotopic (exact) mass is 452 g/mol. The minimum Gasteiger partial charge on any atom is -0.381 e. The van der Waals surface area contributed by atoms with Crippen LogP contribution in [-0.2, 0) is 28.5 Å². The first-order chi connectivity index (χ1) is 15.2. The molecule has 2 heterocycles. The van der Waals surface area contributed by atoms with Crippen molar-refractivity contribution in [2.45, 2.75) is 91.3 Å². The Morgan fingerprint density at radius 2 is 1.91 bits per heavy atom. The zero-order chi connectivity index (χ0) is 23.2. The SMILES string of the molecule is CCOCC(C)(C)C(/C=C/C1CCC2(OCC(C)(C)CO2)C1CC=O)OC1CCCCO1. The van der Waals surface area contributed by atoms with Gasteiger partial charge in [-0.25, -0.2) is 0 Å². The van der Waals surface area contributed by atoms with Gasteiger partial charge in [-0.3, -0.25) is 0 Å². The Hall–Kier alpha value is -0.790. The molecule has 2 aliphatic heterocycles. The molecule has 1 spiro atoms. The van der Waals surface area contributed by atoms with E-state index in [1.807, 2.05) is 6.92 Å². The lowest BCUT2D eigenvalue weighted by Gasteiger charge is -2.45. The average Bonchev–Trinajstić information content (AvgIpc) is 3.10. The number of carbonyl (C=O) groups is 1. The van der Waals surface area contributed by atoms with E-state index >= 15 is 0 Å². The molecular formula is C26H44O6. The number of hydrogen-bond donors (Lipinski definition) is 0. The predicted molar refractivity (Wildman–Crippen MR) is 123 cm³/mol. The van der Waals surface area contributed by atoms with E-state index in [4.69, 9.17) is 23.7 Å². The molecule has 3 fully saturated rings. The van der Waals surface area contributed by atoms with E-state index in [0.29, 0.717) is 32.8 Å². The molecule has 6 nitrogen and oxygen atoms in total. The van der Waals surface area contributed by atoms with Crippen LogP contribution in [0.2, 0.25) is 0 Å². The zero-order valence-electron chi connectivity index (χ0n) is 20.8. The van der Waals surface area contributed by atoms with E-state index in [1.165, 1.54) is 0 Å². The van der Waals surface area contributed by atoms with Crippen molar-refractivity contribution in [1.29, 1.82) is 0 Å². The van der Waals surface area contributed by atoms with Gasteiger partial charge in [0.25, 0.3) is 0 Å². The Morgan fingerprint density at radius 1 is 1.16 bits per heavy atom. The smallest absolute Gasteiger partial charge is 0.172 e. The van der Waals surface area contributed by atoms with Crippen molar-refractivity contribution < 1.29 is 28.5 Å². The highest BCUT2D eigenvalue weighted by Gasteiger charge is 2.53. The first-order valence-electron chi connectivity index (χ1n) is 12.5. The molecular weight excluding hydrogens is 408 g/mol. The Morgan fingerprint density at radius 3 is 2.53 bits per heavy atom. The van der Waals surface area contributed by atoms with Gasteiger partial charge in [0, 0.05) is 42.8 Å². The van der Waals surface area contributed by atoms with Crippen molar-refractivity contribution in [1.82, 2.24) is 0 Å². The maximum atomic E-state index is 11.5. The summed E-state index contributed by atoms with van der Waals surface area (Å²) in [6.45, 7) is 14.0. The number of hydrogen-bond acceptors (Lipinski definition) is 6. The Balaban J connectivity index is 1.74. The summed E-state index contributed by atoms with van der Waals surface area (Å²) < 4.78 is 30.7. The number of rotatable bonds is 10. The number of ether oxygens (including phenoxy) is 5. The van der Waals surface area contributed by atoms with Gasteiger partial charge in [-0.05, 0) is 38.5 Å². The van der Waals surface area contributed by atoms with Crippen LogP contribution in [0.1, 0.15) is 73.1 Å². The van der Waals surface area contributed by atoms with Gasteiger partial charge in [0.2, 0.25) is 0 Å². The van der Waals surface area contributed by atoms with Crippen molar-refractivity contribution in [3.8, 4) is 0 Å². The molecule has 0 N–H and O–H groups in total. The highest BCUT2D eigenvalue weighted by Crippen LogP contribution is 2.49. The van der Waals surface area contributed by atoms with E-state index in [0.717, 1.165) is 45.0 Å². The Kier molecular flexibility index (Phi) is 8.95. The van der Waals surface area contributed by atoms with Crippen LogP contribution in [0.15, 0.2) is 12.2 Å². The van der Waals surface area contributed by atoms with Gasteiger partial charge in [0.1, 0.15) is 6.29 Å². The standard InChI is InChI=1S/C26H44O6/c1-6-28-19-25(4,5)22(32-23-9-7-8-16-29-23)11-10-20-12-14-26(21(20)13-15-27)30-17-24(2,3)18-31-26/h10-11,15,20-23H,6-9,12-14,16-19H2,1-5H3/b11-10+. The van der Waals surface area contributed by atoms with Gasteiger partial charge in [0.15, 0.2) is 12.1 Å². The molecule has 0 bridgehead atoms. The van der Waals surface area contributed by atoms with Crippen LogP contribution in [0.4, 0.5) is 0 Å². The van der Waals surface area contributed by atoms with Gasteiger partial charge in [-0.1, -0.05) is 39.8 Å². The van der Waals surface area contributed by atoms with Crippen LogP contribution in [0.5, 0.6) is 0 Å². The second-order valence-corrected chi connectivity index (χ2v) is 11.1. The maximum Gasteiger partial charge on any atom is 0.172 e. The van der Waals surface area contributed by atoms with E-state index in [9.17, 15) is 4.79 Å². The molecule has 0 aromatic carbocycles. The third-order valence-corrected chi connectivity index (χ3v) is 7.09.